The van der Waals surface area contributed by atoms with E-state index in [2.05, 4.69) is 15.6 Å². The van der Waals surface area contributed by atoms with E-state index in [9.17, 15) is 14.4 Å². The molecule has 0 aliphatic heterocycles. The largest absolute Gasteiger partial charge is 0.439 e. The van der Waals surface area contributed by atoms with Gasteiger partial charge in [-0.15, -0.1) is 0 Å². The molecule has 2 atom stereocenters. The van der Waals surface area contributed by atoms with Crippen molar-refractivity contribution in [2.24, 2.45) is 17.2 Å². The smallest absolute Gasteiger partial charge is 0.242 e. The van der Waals surface area contributed by atoms with Crippen LogP contribution in [-0.4, -0.2) is 65.9 Å². The molecule has 41 heavy (non-hydrogen) atoms. The van der Waals surface area contributed by atoms with Gasteiger partial charge in [-0.2, -0.15) is 0 Å². The zero-order valence-corrected chi connectivity index (χ0v) is 23.1. The maximum atomic E-state index is 13.3. The maximum absolute atomic E-state index is 13.3. The molecule has 1 aromatic heterocycles. The van der Waals surface area contributed by atoms with Gasteiger partial charge in [-0.1, -0.05) is 48.5 Å². The molecule has 1 heterocycles. The Morgan fingerprint density at radius 1 is 0.878 bits per heavy atom. The van der Waals surface area contributed by atoms with Gasteiger partial charge in [0.1, 0.15) is 11.8 Å². The molecule has 0 radical (unpaired) electrons. The number of pyridine rings is 1. The third kappa shape index (κ3) is 10.6. The molecular formula is C30H39N7O4. The minimum Gasteiger partial charge on any atom is -0.439 e. The molecule has 3 rings (SSSR count). The Kier molecular flexibility index (Phi) is 12.7. The van der Waals surface area contributed by atoms with E-state index in [-0.39, 0.29) is 37.9 Å². The molecule has 0 saturated heterocycles. The summed E-state index contributed by atoms with van der Waals surface area (Å²) in [6.07, 6.45) is 2.32. The second-order valence-corrected chi connectivity index (χ2v) is 9.49. The number of nitrogens with zero attached hydrogens (tertiary/aromatic N) is 2. The predicted molar refractivity (Wildman–Crippen MR) is 157 cm³/mol. The minimum atomic E-state index is -1.13. The van der Waals surface area contributed by atoms with E-state index in [1.807, 2.05) is 54.6 Å². The molecule has 0 spiro atoms. The molecule has 3 aromatic rings. The lowest BCUT2D eigenvalue weighted by molar-refractivity contribution is -0.135. The van der Waals surface area contributed by atoms with Crippen LogP contribution in [0.2, 0.25) is 0 Å². The molecular weight excluding hydrogens is 522 g/mol. The Balaban J connectivity index is 1.63. The van der Waals surface area contributed by atoms with Crippen molar-refractivity contribution in [1.29, 1.82) is 0 Å². The van der Waals surface area contributed by atoms with Crippen LogP contribution in [0.15, 0.2) is 79.0 Å². The zero-order chi connectivity index (χ0) is 29.5. The molecule has 11 nitrogen and oxygen atoms in total. The average Bonchev–Trinajstić information content (AvgIpc) is 2.99. The number of amides is 3. The lowest BCUT2D eigenvalue weighted by Crippen LogP contribution is -2.53. The number of rotatable bonds is 16. The van der Waals surface area contributed by atoms with Crippen LogP contribution in [0.1, 0.15) is 24.0 Å². The van der Waals surface area contributed by atoms with E-state index in [0.29, 0.717) is 37.6 Å². The van der Waals surface area contributed by atoms with E-state index in [1.54, 1.807) is 24.4 Å². The number of benzene rings is 2. The van der Waals surface area contributed by atoms with Crippen molar-refractivity contribution in [3.63, 3.8) is 0 Å². The van der Waals surface area contributed by atoms with Crippen LogP contribution in [0.4, 0.5) is 0 Å². The summed E-state index contributed by atoms with van der Waals surface area (Å²) in [6, 6.07) is 20.3. The number of nitrogens with two attached hydrogens (primary N) is 3. The Morgan fingerprint density at radius 3 is 2.27 bits per heavy atom. The lowest BCUT2D eigenvalue weighted by Gasteiger charge is -2.24. The van der Waals surface area contributed by atoms with E-state index in [0.717, 1.165) is 11.1 Å². The third-order valence-electron chi connectivity index (χ3n) is 6.30. The van der Waals surface area contributed by atoms with Gasteiger partial charge in [0.2, 0.25) is 23.6 Å². The number of ether oxygens (including phenoxy) is 1. The van der Waals surface area contributed by atoms with Gasteiger partial charge < -0.3 is 37.5 Å². The standard InChI is InChI=1S/C30H39N7O4/c31-14-17-37(18-15-32)28(38)20-25(33)29(39)36-26(13-12-22-7-2-1-3-8-22)30(40)35-21-23-9-6-10-24(19-23)41-27-11-4-5-16-34-27/h1-11,16,19,25-26H,12-15,17-18,20-21,31-33H2,(H,35,40)(H,36,39). The fourth-order valence-corrected chi connectivity index (χ4v) is 4.15. The Labute approximate surface area is 240 Å². The fourth-order valence-electron chi connectivity index (χ4n) is 4.15. The van der Waals surface area contributed by atoms with Crippen molar-refractivity contribution in [3.05, 3.63) is 90.1 Å². The molecule has 2 aromatic carbocycles. The summed E-state index contributed by atoms with van der Waals surface area (Å²) in [6.45, 7) is 1.40. The van der Waals surface area contributed by atoms with Gasteiger partial charge in [0, 0.05) is 45.0 Å². The van der Waals surface area contributed by atoms with Crippen molar-refractivity contribution < 1.29 is 19.1 Å². The molecule has 218 valence electrons. The first kappa shape index (κ1) is 31.2. The molecule has 11 heteroatoms. The Hall–Kier alpha value is -4.32. The second kappa shape index (κ2) is 16.7. The summed E-state index contributed by atoms with van der Waals surface area (Å²) in [5.74, 6) is -0.226. The normalized spacial score (nSPS) is 12.2. The van der Waals surface area contributed by atoms with Crippen LogP contribution in [-0.2, 0) is 27.3 Å². The molecule has 0 bridgehead atoms. The van der Waals surface area contributed by atoms with E-state index < -0.39 is 18.0 Å². The number of hydrogen-bond donors (Lipinski definition) is 5. The van der Waals surface area contributed by atoms with Crippen LogP contribution >= 0.6 is 0 Å². The summed E-state index contributed by atoms with van der Waals surface area (Å²) < 4.78 is 5.78. The first-order valence-electron chi connectivity index (χ1n) is 13.6. The molecule has 0 aliphatic rings. The average molecular weight is 562 g/mol. The summed E-state index contributed by atoms with van der Waals surface area (Å²) in [5, 5.41) is 5.64. The predicted octanol–water partition coefficient (Wildman–Crippen LogP) is 1.07. The van der Waals surface area contributed by atoms with E-state index in [4.69, 9.17) is 21.9 Å². The van der Waals surface area contributed by atoms with Crippen molar-refractivity contribution >= 4 is 17.7 Å². The van der Waals surface area contributed by atoms with Crippen LogP contribution in [0.3, 0.4) is 0 Å². The highest BCUT2D eigenvalue weighted by Gasteiger charge is 2.26. The van der Waals surface area contributed by atoms with E-state index >= 15 is 0 Å². The molecule has 8 N–H and O–H groups in total. The van der Waals surface area contributed by atoms with E-state index in [1.165, 1.54) is 4.90 Å². The minimum absolute atomic E-state index is 0.216. The SMILES string of the molecule is NCCN(CCN)C(=O)CC(N)C(=O)NC(CCc1ccccc1)C(=O)NCc1cccc(Oc2ccccn2)c1. The quantitative estimate of drug-likeness (QED) is 0.172. The highest BCUT2D eigenvalue weighted by Crippen LogP contribution is 2.20. The zero-order valence-electron chi connectivity index (χ0n) is 23.1. The highest BCUT2D eigenvalue weighted by atomic mass is 16.5. The monoisotopic (exact) mass is 561 g/mol. The van der Waals surface area contributed by atoms with Crippen LogP contribution in [0.5, 0.6) is 11.6 Å². The number of carbonyl (C=O) groups is 3. The van der Waals surface area contributed by atoms with Gasteiger partial charge in [0.05, 0.1) is 12.5 Å². The molecule has 2 unspecified atom stereocenters. The second-order valence-electron chi connectivity index (χ2n) is 9.49. The number of aromatic nitrogens is 1. The third-order valence-corrected chi connectivity index (χ3v) is 6.30. The van der Waals surface area contributed by atoms with Crippen molar-refractivity contribution in [2.45, 2.75) is 37.9 Å². The summed E-state index contributed by atoms with van der Waals surface area (Å²) >= 11 is 0. The van der Waals surface area contributed by atoms with Gasteiger partial charge in [-0.25, -0.2) is 4.98 Å². The molecule has 3 amide bonds. The van der Waals surface area contributed by atoms with Crippen LogP contribution in [0, 0.1) is 0 Å². The molecule has 0 aliphatic carbocycles. The maximum Gasteiger partial charge on any atom is 0.242 e. The Bertz CT molecular complexity index is 1240. The summed E-state index contributed by atoms with van der Waals surface area (Å²) in [7, 11) is 0. The van der Waals surface area contributed by atoms with Crippen molar-refractivity contribution in [2.75, 3.05) is 26.2 Å². The molecule has 0 fully saturated rings. The topological polar surface area (TPSA) is 179 Å². The lowest BCUT2D eigenvalue weighted by atomic mass is 10.0. The summed E-state index contributed by atoms with van der Waals surface area (Å²) in [4.78, 5) is 44.5. The van der Waals surface area contributed by atoms with Crippen LogP contribution < -0.4 is 32.6 Å². The number of nitrogens with one attached hydrogen (secondary N) is 2. The number of aryl methyl sites for hydroxylation is 1. The van der Waals surface area contributed by atoms with Crippen LogP contribution in [0.25, 0.3) is 0 Å². The van der Waals surface area contributed by atoms with Gasteiger partial charge in [0.15, 0.2) is 0 Å². The number of carbonyl (C=O) groups excluding carboxylic acids is 3. The highest BCUT2D eigenvalue weighted by molar-refractivity contribution is 5.92. The van der Waals surface area contributed by atoms with Crippen molar-refractivity contribution in [1.82, 2.24) is 20.5 Å². The first-order valence-corrected chi connectivity index (χ1v) is 13.6. The number of hydrogen-bond acceptors (Lipinski definition) is 8. The van der Waals surface area contributed by atoms with Crippen molar-refractivity contribution in [3.8, 4) is 11.6 Å². The van der Waals surface area contributed by atoms with Gasteiger partial charge >= 0.3 is 0 Å². The Morgan fingerprint density at radius 2 is 1.59 bits per heavy atom. The first-order chi connectivity index (χ1) is 19.9. The van der Waals surface area contributed by atoms with Gasteiger partial charge in [-0.3, -0.25) is 14.4 Å². The van der Waals surface area contributed by atoms with Gasteiger partial charge in [0.25, 0.3) is 0 Å². The molecule has 0 saturated carbocycles. The van der Waals surface area contributed by atoms with Gasteiger partial charge in [-0.05, 0) is 42.2 Å². The fraction of sp³-hybridized carbons (Fsp3) is 0.333. The summed E-state index contributed by atoms with van der Waals surface area (Å²) in [5.41, 5.74) is 19.1.